The van der Waals surface area contributed by atoms with Gasteiger partial charge in [-0.1, -0.05) is 5.16 Å². The van der Waals surface area contributed by atoms with Crippen LogP contribution >= 0.6 is 0 Å². The first-order chi connectivity index (χ1) is 8.90. The number of aromatic nitrogens is 3. The summed E-state index contributed by atoms with van der Waals surface area (Å²) in [5, 5.41) is 3.71. The minimum absolute atomic E-state index is 0.0293. The minimum Gasteiger partial charge on any atom is -0.359 e. The molecule has 0 atom stereocenters. The molecule has 0 aliphatic carbocycles. The Kier molecular flexibility index (Phi) is 3.20. The number of rotatable bonds is 3. The van der Waals surface area contributed by atoms with E-state index in [2.05, 4.69) is 5.16 Å². The van der Waals surface area contributed by atoms with Crippen LogP contribution in [0.1, 0.15) is 28.7 Å². The summed E-state index contributed by atoms with van der Waals surface area (Å²) in [7, 11) is 1.33. The highest BCUT2D eigenvalue weighted by Crippen LogP contribution is 2.03. The summed E-state index contributed by atoms with van der Waals surface area (Å²) < 4.78 is 7.16. The van der Waals surface area contributed by atoms with Crippen LogP contribution in [-0.4, -0.2) is 20.1 Å². The van der Waals surface area contributed by atoms with Crippen molar-refractivity contribution >= 4 is 5.78 Å². The lowest BCUT2D eigenvalue weighted by molar-refractivity contribution is 0.101. The molecule has 0 aliphatic rings. The zero-order valence-corrected chi connectivity index (χ0v) is 10.8. The maximum Gasteiger partial charge on any atom is 0.331 e. The first-order valence-electron chi connectivity index (χ1n) is 5.63. The standard InChI is InChI=1S/C12H13N3O4/c1-7-4-9(19-13-7)5-15-6-10(8(2)16)11(17)14(3)12(15)18/h4,6H,5H2,1-3H3. The number of carbonyl (C=O) groups is 1. The molecule has 0 aromatic carbocycles. The van der Waals surface area contributed by atoms with Gasteiger partial charge in [0.2, 0.25) is 0 Å². The molecule has 0 radical (unpaired) electrons. The Morgan fingerprint density at radius 2 is 2.11 bits per heavy atom. The molecular formula is C12H13N3O4. The second-order valence-electron chi connectivity index (χ2n) is 4.31. The van der Waals surface area contributed by atoms with E-state index in [1.165, 1.54) is 24.7 Å². The summed E-state index contributed by atoms with van der Waals surface area (Å²) in [6.45, 7) is 3.16. The number of Topliss-reactive ketones (excluding diaryl/α,β-unsaturated/α-hetero) is 1. The normalized spacial score (nSPS) is 10.7. The summed E-state index contributed by atoms with van der Waals surface area (Å²) in [4.78, 5) is 35.0. The number of hydrogen-bond acceptors (Lipinski definition) is 5. The minimum atomic E-state index is -0.595. The Morgan fingerprint density at radius 1 is 1.42 bits per heavy atom. The predicted octanol–water partition coefficient (Wildman–Crippen LogP) is 0.0943. The maximum atomic E-state index is 11.9. The van der Waals surface area contributed by atoms with E-state index in [0.29, 0.717) is 11.5 Å². The van der Waals surface area contributed by atoms with Crippen LogP contribution in [0.25, 0.3) is 0 Å². The quantitative estimate of drug-likeness (QED) is 0.733. The number of aryl methyl sites for hydroxylation is 1. The van der Waals surface area contributed by atoms with Gasteiger partial charge in [-0.05, 0) is 13.8 Å². The molecule has 2 rings (SSSR count). The van der Waals surface area contributed by atoms with E-state index in [0.717, 1.165) is 4.57 Å². The van der Waals surface area contributed by atoms with Gasteiger partial charge in [-0.2, -0.15) is 0 Å². The molecule has 0 saturated heterocycles. The molecule has 0 fully saturated rings. The second kappa shape index (κ2) is 4.68. The third-order valence-corrected chi connectivity index (χ3v) is 2.73. The molecular weight excluding hydrogens is 250 g/mol. The van der Waals surface area contributed by atoms with Crippen molar-refractivity contribution in [1.82, 2.24) is 14.3 Å². The van der Waals surface area contributed by atoms with Gasteiger partial charge in [-0.15, -0.1) is 0 Å². The van der Waals surface area contributed by atoms with Gasteiger partial charge in [0.25, 0.3) is 5.56 Å². The fraction of sp³-hybridized carbons (Fsp3) is 0.333. The summed E-state index contributed by atoms with van der Waals surface area (Å²) in [6.07, 6.45) is 1.25. The van der Waals surface area contributed by atoms with Crippen molar-refractivity contribution in [2.24, 2.45) is 7.05 Å². The lowest BCUT2D eigenvalue weighted by Gasteiger charge is -2.07. The van der Waals surface area contributed by atoms with E-state index < -0.39 is 11.2 Å². The van der Waals surface area contributed by atoms with E-state index >= 15 is 0 Å². The van der Waals surface area contributed by atoms with Crippen LogP contribution in [0.4, 0.5) is 0 Å². The number of hydrogen-bond donors (Lipinski definition) is 0. The highest BCUT2D eigenvalue weighted by molar-refractivity contribution is 5.93. The first kappa shape index (κ1) is 13.0. The molecule has 0 amide bonds. The number of ketones is 1. The Morgan fingerprint density at radius 3 is 2.63 bits per heavy atom. The Labute approximate surface area is 108 Å². The zero-order chi connectivity index (χ0) is 14.2. The van der Waals surface area contributed by atoms with E-state index in [4.69, 9.17) is 4.52 Å². The zero-order valence-electron chi connectivity index (χ0n) is 10.8. The molecule has 2 heterocycles. The van der Waals surface area contributed by atoms with Crippen LogP contribution in [0, 0.1) is 6.92 Å². The summed E-state index contributed by atoms with van der Waals surface area (Å²) in [6, 6.07) is 1.69. The molecule has 7 nitrogen and oxygen atoms in total. The van der Waals surface area contributed by atoms with Crippen molar-refractivity contribution in [2.45, 2.75) is 20.4 Å². The van der Waals surface area contributed by atoms with Gasteiger partial charge < -0.3 is 4.52 Å². The molecule has 0 unspecified atom stereocenters. The van der Waals surface area contributed by atoms with Crippen LogP contribution in [0.2, 0.25) is 0 Å². The third kappa shape index (κ3) is 2.40. The second-order valence-corrected chi connectivity index (χ2v) is 4.31. The Bertz CT molecular complexity index is 751. The molecule has 0 aliphatic heterocycles. The molecule has 0 bridgehead atoms. The molecule has 7 heteroatoms. The molecule has 0 N–H and O–H groups in total. The molecule has 0 saturated carbocycles. The Hall–Kier alpha value is -2.44. The van der Waals surface area contributed by atoms with Gasteiger partial charge in [0.15, 0.2) is 11.5 Å². The van der Waals surface area contributed by atoms with Crippen molar-refractivity contribution in [3.63, 3.8) is 0 Å². The summed E-state index contributed by atoms with van der Waals surface area (Å²) in [5.74, 6) is 0.0934. The summed E-state index contributed by atoms with van der Waals surface area (Å²) in [5.41, 5.74) is -0.440. The van der Waals surface area contributed by atoms with Crippen molar-refractivity contribution < 1.29 is 9.32 Å². The molecule has 0 spiro atoms. The Balaban J connectivity index is 2.55. The van der Waals surface area contributed by atoms with Gasteiger partial charge in [-0.3, -0.25) is 18.7 Å². The molecule has 2 aromatic rings. The third-order valence-electron chi connectivity index (χ3n) is 2.73. The van der Waals surface area contributed by atoms with E-state index in [9.17, 15) is 14.4 Å². The summed E-state index contributed by atoms with van der Waals surface area (Å²) >= 11 is 0. The van der Waals surface area contributed by atoms with Crippen LogP contribution in [0.3, 0.4) is 0 Å². The van der Waals surface area contributed by atoms with E-state index in [-0.39, 0.29) is 17.9 Å². The van der Waals surface area contributed by atoms with E-state index in [1.807, 2.05) is 0 Å². The molecule has 19 heavy (non-hydrogen) atoms. The smallest absolute Gasteiger partial charge is 0.331 e. The maximum absolute atomic E-state index is 11.9. The molecule has 2 aromatic heterocycles. The first-order valence-corrected chi connectivity index (χ1v) is 5.63. The van der Waals surface area contributed by atoms with Crippen molar-refractivity contribution in [2.75, 3.05) is 0 Å². The van der Waals surface area contributed by atoms with Crippen LogP contribution in [0.15, 0.2) is 26.4 Å². The SMILES string of the molecule is CC(=O)c1cn(Cc2cc(C)no2)c(=O)n(C)c1=O. The van der Waals surface area contributed by atoms with Gasteiger partial charge in [0.05, 0.1) is 17.8 Å². The topological polar surface area (TPSA) is 87.1 Å². The fourth-order valence-corrected chi connectivity index (χ4v) is 1.74. The van der Waals surface area contributed by atoms with Crippen molar-refractivity contribution in [3.05, 3.63) is 50.1 Å². The van der Waals surface area contributed by atoms with Gasteiger partial charge >= 0.3 is 5.69 Å². The van der Waals surface area contributed by atoms with Crippen LogP contribution in [0.5, 0.6) is 0 Å². The average molecular weight is 263 g/mol. The molecule has 100 valence electrons. The van der Waals surface area contributed by atoms with Crippen molar-refractivity contribution in [1.29, 1.82) is 0 Å². The highest BCUT2D eigenvalue weighted by Gasteiger charge is 2.13. The van der Waals surface area contributed by atoms with Gasteiger partial charge in [0, 0.05) is 19.3 Å². The van der Waals surface area contributed by atoms with E-state index in [1.54, 1.807) is 13.0 Å². The monoisotopic (exact) mass is 263 g/mol. The predicted molar refractivity (Wildman–Crippen MR) is 66.3 cm³/mol. The lowest BCUT2D eigenvalue weighted by atomic mass is 10.2. The fourth-order valence-electron chi connectivity index (χ4n) is 1.74. The van der Waals surface area contributed by atoms with Crippen LogP contribution in [-0.2, 0) is 13.6 Å². The lowest BCUT2D eigenvalue weighted by Crippen LogP contribution is -2.40. The average Bonchev–Trinajstić information content (AvgIpc) is 2.75. The van der Waals surface area contributed by atoms with Crippen LogP contribution < -0.4 is 11.2 Å². The van der Waals surface area contributed by atoms with Crippen molar-refractivity contribution in [3.8, 4) is 0 Å². The largest absolute Gasteiger partial charge is 0.359 e. The van der Waals surface area contributed by atoms with Gasteiger partial charge in [0.1, 0.15) is 0 Å². The number of nitrogens with zero attached hydrogens (tertiary/aromatic N) is 3. The number of carbonyl (C=O) groups excluding carboxylic acids is 1. The van der Waals surface area contributed by atoms with Gasteiger partial charge in [-0.25, -0.2) is 4.79 Å². The highest BCUT2D eigenvalue weighted by atomic mass is 16.5.